The monoisotopic (exact) mass is 179 g/mol. The molecule has 0 spiro atoms. The zero-order valence-electron chi connectivity index (χ0n) is 7.51. The smallest absolute Gasteiger partial charge is 0.156 e. The van der Waals surface area contributed by atoms with Crippen molar-refractivity contribution in [1.29, 1.82) is 0 Å². The second-order valence-electron chi connectivity index (χ2n) is 3.88. The average molecular weight is 179 g/mol. The molecular formula is C10H13NO2. The molecule has 2 N–H and O–H groups in total. The Morgan fingerprint density at radius 2 is 2.00 bits per heavy atom. The maximum atomic E-state index is 11.6. The molecule has 2 aliphatic rings. The number of carbonyl (C=O) groups excluding carboxylic acids is 2. The van der Waals surface area contributed by atoms with E-state index in [1.807, 2.05) is 0 Å². The summed E-state index contributed by atoms with van der Waals surface area (Å²) in [4.78, 5) is 22.7. The standard InChI is InChI=1S/C10H13NO2/c11-10-5-4-8(12)6-7(10)2-1-3-9(10)13/h6H,1-5,11H2/t10-/m0/s1. The SMILES string of the molecule is N[C@@]12CCC(=O)C=C1CCCC2=O. The summed E-state index contributed by atoms with van der Waals surface area (Å²) in [5, 5.41) is 0. The third kappa shape index (κ3) is 1.23. The second-order valence-corrected chi connectivity index (χ2v) is 3.88. The molecule has 0 bridgehead atoms. The maximum Gasteiger partial charge on any atom is 0.156 e. The molecule has 0 amide bonds. The van der Waals surface area contributed by atoms with E-state index in [4.69, 9.17) is 5.73 Å². The van der Waals surface area contributed by atoms with Gasteiger partial charge in [-0.05, 0) is 30.9 Å². The summed E-state index contributed by atoms with van der Waals surface area (Å²) in [6.45, 7) is 0. The number of rotatable bonds is 0. The average Bonchev–Trinajstić information content (AvgIpc) is 2.09. The lowest BCUT2D eigenvalue weighted by molar-refractivity contribution is -0.125. The number of fused-ring (bicyclic) bond motifs is 1. The van der Waals surface area contributed by atoms with Crippen LogP contribution in [0.15, 0.2) is 11.6 Å². The lowest BCUT2D eigenvalue weighted by atomic mass is 9.71. The number of Topliss-reactive ketones (excluding diaryl/α,β-unsaturated/α-hetero) is 1. The largest absolute Gasteiger partial charge is 0.316 e. The lowest BCUT2D eigenvalue weighted by Crippen LogP contribution is -2.53. The molecule has 0 aromatic carbocycles. The van der Waals surface area contributed by atoms with Crippen molar-refractivity contribution in [3.63, 3.8) is 0 Å². The molecule has 0 radical (unpaired) electrons. The van der Waals surface area contributed by atoms with Crippen LogP contribution in [0.2, 0.25) is 0 Å². The molecule has 0 saturated heterocycles. The lowest BCUT2D eigenvalue weighted by Gasteiger charge is -2.36. The van der Waals surface area contributed by atoms with E-state index in [9.17, 15) is 9.59 Å². The Morgan fingerprint density at radius 3 is 2.77 bits per heavy atom. The van der Waals surface area contributed by atoms with Crippen LogP contribution in [-0.2, 0) is 9.59 Å². The number of hydrogen-bond donors (Lipinski definition) is 1. The Labute approximate surface area is 77.0 Å². The molecule has 0 aromatic rings. The van der Waals surface area contributed by atoms with Gasteiger partial charge < -0.3 is 5.73 Å². The summed E-state index contributed by atoms with van der Waals surface area (Å²) in [5.41, 5.74) is 6.08. The first-order valence-electron chi connectivity index (χ1n) is 4.69. The molecule has 1 atom stereocenters. The zero-order chi connectivity index (χ0) is 9.47. The minimum absolute atomic E-state index is 0.109. The van der Waals surface area contributed by atoms with Crippen molar-refractivity contribution in [3.05, 3.63) is 11.6 Å². The van der Waals surface area contributed by atoms with Gasteiger partial charge in [-0.3, -0.25) is 9.59 Å². The summed E-state index contributed by atoms with van der Waals surface area (Å²) in [6, 6.07) is 0. The third-order valence-electron chi connectivity index (χ3n) is 3.02. The van der Waals surface area contributed by atoms with Crippen LogP contribution in [0.1, 0.15) is 32.1 Å². The maximum absolute atomic E-state index is 11.6. The van der Waals surface area contributed by atoms with E-state index < -0.39 is 5.54 Å². The quantitative estimate of drug-likeness (QED) is 0.596. The van der Waals surface area contributed by atoms with Gasteiger partial charge in [-0.15, -0.1) is 0 Å². The molecular weight excluding hydrogens is 166 g/mol. The van der Waals surface area contributed by atoms with Gasteiger partial charge in [0.25, 0.3) is 0 Å². The Bertz CT molecular complexity index is 306. The molecule has 0 aliphatic heterocycles. The van der Waals surface area contributed by atoms with Crippen LogP contribution in [0.25, 0.3) is 0 Å². The van der Waals surface area contributed by atoms with Crippen molar-refractivity contribution in [2.24, 2.45) is 5.73 Å². The van der Waals surface area contributed by atoms with Crippen molar-refractivity contribution < 1.29 is 9.59 Å². The fourth-order valence-corrected chi connectivity index (χ4v) is 2.15. The van der Waals surface area contributed by atoms with E-state index in [2.05, 4.69) is 0 Å². The highest BCUT2D eigenvalue weighted by molar-refractivity contribution is 6.00. The van der Waals surface area contributed by atoms with Gasteiger partial charge in [-0.25, -0.2) is 0 Å². The predicted molar refractivity (Wildman–Crippen MR) is 48.1 cm³/mol. The Balaban J connectivity index is 2.39. The van der Waals surface area contributed by atoms with E-state index in [1.54, 1.807) is 6.08 Å². The molecule has 1 saturated carbocycles. The molecule has 13 heavy (non-hydrogen) atoms. The number of allylic oxidation sites excluding steroid dienone is 1. The van der Waals surface area contributed by atoms with Gasteiger partial charge in [0, 0.05) is 12.8 Å². The molecule has 2 aliphatic carbocycles. The first kappa shape index (κ1) is 8.63. The van der Waals surface area contributed by atoms with Crippen molar-refractivity contribution in [2.45, 2.75) is 37.6 Å². The van der Waals surface area contributed by atoms with Crippen LogP contribution in [0, 0.1) is 0 Å². The third-order valence-corrected chi connectivity index (χ3v) is 3.02. The van der Waals surface area contributed by atoms with Gasteiger partial charge in [0.05, 0.1) is 5.54 Å². The predicted octanol–water partition coefficient (Wildman–Crippen LogP) is 0.726. The summed E-state index contributed by atoms with van der Waals surface area (Å²) in [6.07, 6.45) is 4.75. The normalized spacial score (nSPS) is 34.1. The van der Waals surface area contributed by atoms with Gasteiger partial charge in [0.1, 0.15) is 0 Å². The molecule has 3 nitrogen and oxygen atoms in total. The van der Waals surface area contributed by atoms with Crippen molar-refractivity contribution in [2.75, 3.05) is 0 Å². The summed E-state index contributed by atoms with van der Waals surface area (Å²) < 4.78 is 0. The van der Waals surface area contributed by atoms with E-state index in [0.717, 1.165) is 18.4 Å². The first-order valence-corrected chi connectivity index (χ1v) is 4.69. The molecule has 1 fully saturated rings. The van der Waals surface area contributed by atoms with Crippen molar-refractivity contribution in [3.8, 4) is 0 Å². The van der Waals surface area contributed by atoms with Gasteiger partial charge in [0.15, 0.2) is 11.6 Å². The number of nitrogens with two attached hydrogens (primary N) is 1. The van der Waals surface area contributed by atoms with Crippen LogP contribution in [0.5, 0.6) is 0 Å². The van der Waals surface area contributed by atoms with Crippen LogP contribution in [0.3, 0.4) is 0 Å². The van der Waals surface area contributed by atoms with Crippen LogP contribution in [-0.4, -0.2) is 17.1 Å². The molecule has 2 rings (SSSR count). The number of hydrogen-bond acceptors (Lipinski definition) is 3. The van der Waals surface area contributed by atoms with Gasteiger partial charge in [-0.1, -0.05) is 0 Å². The molecule has 0 heterocycles. The highest BCUT2D eigenvalue weighted by Crippen LogP contribution is 2.35. The summed E-state index contributed by atoms with van der Waals surface area (Å²) in [7, 11) is 0. The topological polar surface area (TPSA) is 60.2 Å². The Hall–Kier alpha value is -0.960. The van der Waals surface area contributed by atoms with Gasteiger partial charge >= 0.3 is 0 Å². The summed E-state index contributed by atoms with van der Waals surface area (Å²) >= 11 is 0. The Morgan fingerprint density at radius 1 is 1.23 bits per heavy atom. The van der Waals surface area contributed by atoms with Crippen LogP contribution in [0.4, 0.5) is 0 Å². The van der Waals surface area contributed by atoms with E-state index in [-0.39, 0.29) is 11.6 Å². The number of ketones is 2. The minimum atomic E-state index is -0.786. The van der Waals surface area contributed by atoms with Crippen LogP contribution >= 0.6 is 0 Å². The van der Waals surface area contributed by atoms with E-state index in [0.29, 0.717) is 19.3 Å². The highest BCUT2D eigenvalue weighted by atomic mass is 16.1. The van der Waals surface area contributed by atoms with E-state index >= 15 is 0 Å². The summed E-state index contributed by atoms with van der Waals surface area (Å²) in [5.74, 6) is 0.225. The Kier molecular flexibility index (Phi) is 1.84. The van der Waals surface area contributed by atoms with E-state index in [1.165, 1.54) is 0 Å². The molecule has 70 valence electrons. The van der Waals surface area contributed by atoms with Crippen molar-refractivity contribution in [1.82, 2.24) is 0 Å². The number of carbonyl (C=O) groups is 2. The fraction of sp³-hybridized carbons (Fsp3) is 0.600. The van der Waals surface area contributed by atoms with Crippen LogP contribution < -0.4 is 5.73 Å². The fourth-order valence-electron chi connectivity index (χ4n) is 2.15. The minimum Gasteiger partial charge on any atom is -0.316 e. The van der Waals surface area contributed by atoms with Crippen molar-refractivity contribution >= 4 is 11.6 Å². The first-order chi connectivity index (χ1) is 6.13. The molecule has 0 unspecified atom stereocenters. The van der Waals surface area contributed by atoms with Gasteiger partial charge in [-0.2, -0.15) is 0 Å². The molecule has 3 heteroatoms. The highest BCUT2D eigenvalue weighted by Gasteiger charge is 2.42. The second kappa shape index (κ2) is 2.77. The van der Waals surface area contributed by atoms with Gasteiger partial charge in [0.2, 0.25) is 0 Å². The molecule has 0 aromatic heterocycles. The zero-order valence-corrected chi connectivity index (χ0v) is 7.51.